The van der Waals surface area contributed by atoms with E-state index in [9.17, 15) is 4.79 Å². The molecule has 16 heavy (non-hydrogen) atoms. The highest BCUT2D eigenvalue weighted by Gasteiger charge is 2.17. The van der Waals surface area contributed by atoms with E-state index in [-0.39, 0.29) is 11.9 Å². The predicted octanol–water partition coefficient (Wildman–Crippen LogP) is 2.35. The SMILES string of the molecule is CCOC(=O)C(C)Cn1nc(C)c(Cl)c1C. The summed E-state index contributed by atoms with van der Waals surface area (Å²) in [5.41, 5.74) is 1.67. The van der Waals surface area contributed by atoms with E-state index >= 15 is 0 Å². The zero-order valence-corrected chi connectivity index (χ0v) is 10.8. The summed E-state index contributed by atoms with van der Waals surface area (Å²) in [7, 11) is 0. The van der Waals surface area contributed by atoms with Crippen LogP contribution in [-0.4, -0.2) is 22.4 Å². The Kier molecular flexibility index (Phi) is 4.35. The number of rotatable bonds is 4. The average Bonchev–Trinajstić information content (AvgIpc) is 2.47. The summed E-state index contributed by atoms with van der Waals surface area (Å²) >= 11 is 6.02. The van der Waals surface area contributed by atoms with E-state index in [0.717, 1.165) is 11.4 Å². The van der Waals surface area contributed by atoms with Crippen molar-refractivity contribution in [3.05, 3.63) is 16.4 Å². The van der Waals surface area contributed by atoms with Crippen molar-refractivity contribution in [1.29, 1.82) is 0 Å². The monoisotopic (exact) mass is 244 g/mol. The molecule has 4 nitrogen and oxygen atoms in total. The summed E-state index contributed by atoms with van der Waals surface area (Å²) in [6.45, 7) is 8.26. The molecule has 0 radical (unpaired) electrons. The molecule has 1 heterocycles. The highest BCUT2D eigenvalue weighted by Crippen LogP contribution is 2.19. The molecule has 0 saturated carbocycles. The molecule has 0 amide bonds. The standard InChI is InChI=1S/C11H17ClN2O2/c1-5-16-11(15)7(2)6-14-9(4)10(12)8(3)13-14/h7H,5-6H2,1-4H3. The van der Waals surface area contributed by atoms with Crippen molar-refractivity contribution >= 4 is 17.6 Å². The first-order chi connectivity index (χ1) is 7.47. The van der Waals surface area contributed by atoms with Gasteiger partial charge in [0.15, 0.2) is 0 Å². The molecular formula is C11H17ClN2O2. The number of aromatic nitrogens is 2. The fourth-order valence-electron chi connectivity index (χ4n) is 1.47. The van der Waals surface area contributed by atoms with E-state index in [4.69, 9.17) is 16.3 Å². The van der Waals surface area contributed by atoms with Crippen molar-refractivity contribution in [3.63, 3.8) is 0 Å². The normalized spacial score (nSPS) is 12.6. The maximum absolute atomic E-state index is 11.5. The van der Waals surface area contributed by atoms with Gasteiger partial charge in [-0.3, -0.25) is 9.48 Å². The lowest BCUT2D eigenvalue weighted by molar-refractivity contribution is -0.147. The smallest absolute Gasteiger partial charge is 0.310 e. The van der Waals surface area contributed by atoms with Gasteiger partial charge in [-0.25, -0.2) is 0 Å². The van der Waals surface area contributed by atoms with Gasteiger partial charge in [-0.2, -0.15) is 5.10 Å². The minimum absolute atomic E-state index is 0.203. The Bertz CT molecular complexity index is 388. The Morgan fingerprint density at radius 2 is 2.19 bits per heavy atom. The van der Waals surface area contributed by atoms with Crippen molar-refractivity contribution in [2.75, 3.05) is 6.61 Å². The van der Waals surface area contributed by atoms with Gasteiger partial charge in [-0.1, -0.05) is 18.5 Å². The van der Waals surface area contributed by atoms with Gasteiger partial charge in [-0.15, -0.1) is 0 Å². The van der Waals surface area contributed by atoms with Gasteiger partial charge in [0.25, 0.3) is 0 Å². The molecular weight excluding hydrogens is 228 g/mol. The molecule has 0 aliphatic heterocycles. The van der Waals surface area contributed by atoms with Crippen molar-refractivity contribution in [2.45, 2.75) is 34.2 Å². The third-order valence-corrected chi connectivity index (χ3v) is 2.98. The Labute approximate surface area is 101 Å². The number of esters is 1. The molecule has 0 fully saturated rings. The molecule has 0 saturated heterocycles. The molecule has 5 heteroatoms. The summed E-state index contributed by atoms with van der Waals surface area (Å²) in [6.07, 6.45) is 0. The van der Waals surface area contributed by atoms with Gasteiger partial charge in [0.05, 0.1) is 35.5 Å². The molecule has 0 spiro atoms. The van der Waals surface area contributed by atoms with Crippen LogP contribution in [0.2, 0.25) is 5.02 Å². The summed E-state index contributed by atoms with van der Waals surface area (Å²) in [6, 6.07) is 0. The van der Waals surface area contributed by atoms with Crippen LogP contribution in [0.1, 0.15) is 25.2 Å². The van der Waals surface area contributed by atoms with E-state index in [1.165, 1.54) is 0 Å². The number of aryl methyl sites for hydroxylation is 1. The van der Waals surface area contributed by atoms with Gasteiger partial charge >= 0.3 is 5.97 Å². The van der Waals surface area contributed by atoms with Gasteiger partial charge in [0.1, 0.15) is 0 Å². The number of carbonyl (C=O) groups is 1. The molecule has 0 aliphatic carbocycles. The fraction of sp³-hybridized carbons (Fsp3) is 0.636. The fourth-order valence-corrected chi connectivity index (χ4v) is 1.61. The Balaban J connectivity index is 2.73. The lowest BCUT2D eigenvalue weighted by Crippen LogP contribution is -2.21. The van der Waals surface area contributed by atoms with E-state index in [1.807, 2.05) is 20.8 Å². The van der Waals surface area contributed by atoms with Gasteiger partial charge in [0, 0.05) is 0 Å². The van der Waals surface area contributed by atoms with E-state index in [1.54, 1.807) is 11.6 Å². The number of halogens is 1. The molecule has 0 aliphatic rings. The predicted molar refractivity (Wildman–Crippen MR) is 62.5 cm³/mol. The minimum atomic E-state index is -0.214. The number of carbonyl (C=O) groups excluding carboxylic acids is 1. The number of nitrogens with zero attached hydrogens (tertiary/aromatic N) is 2. The molecule has 1 unspecified atom stereocenters. The third-order valence-electron chi connectivity index (χ3n) is 2.43. The first kappa shape index (κ1) is 13.0. The van der Waals surface area contributed by atoms with Crippen molar-refractivity contribution in [3.8, 4) is 0 Å². The zero-order chi connectivity index (χ0) is 12.3. The van der Waals surface area contributed by atoms with Crippen LogP contribution in [0.5, 0.6) is 0 Å². The van der Waals surface area contributed by atoms with Gasteiger partial charge < -0.3 is 4.74 Å². The Morgan fingerprint density at radius 1 is 1.56 bits per heavy atom. The number of hydrogen-bond donors (Lipinski definition) is 0. The highest BCUT2D eigenvalue weighted by atomic mass is 35.5. The van der Waals surface area contributed by atoms with Crippen LogP contribution in [-0.2, 0) is 16.1 Å². The second-order valence-electron chi connectivity index (χ2n) is 3.82. The Morgan fingerprint density at radius 3 is 2.62 bits per heavy atom. The maximum Gasteiger partial charge on any atom is 0.310 e. The molecule has 0 N–H and O–H groups in total. The lowest BCUT2D eigenvalue weighted by atomic mass is 10.2. The summed E-state index contributed by atoms with van der Waals surface area (Å²) in [5.74, 6) is -0.416. The average molecular weight is 245 g/mol. The molecule has 90 valence electrons. The van der Waals surface area contributed by atoms with Crippen LogP contribution in [0, 0.1) is 19.8 Å². The topological polar surface area (TPSA) is 44.1 Å². The second kappa shape index (κ2) is 5.34. The third kappa shape index (κ3) is 2.76. The highest BCUT2D eigenvalue weighted by molar-refractivity contribution is 6.31. The Hall–Kier alpha value is -1.03. The molecule has 1 aromatic rings. The molecule has 0 bridgehead atoms. The van der Waals surface area contributed by atoms with Crippen molar-refractivity contribution < 1.29 is 9.53 Å². The first-order valence-electron chi connectivity index (χ1n) is 5.33. The number of ether oxygens (including phenoxy) is 1. The summed E-state index contributed by atoms with van der Waals surface area (Å²) in [4.78, 5) is 11.5. The zero-order valence-electron chi connectivity index (χ0n) is 10.1. The van der Waals surface area contributed by atoms with Crippen LogP contribution in [0.15, 0.2) is 0 Å². The van der Waals surface area contributed by atoms with Crippen LogP contribution in [0.25, 0.3) is 0 Å². The van der Waals surface area contributed by atoms with Crippen molar-refractivity contribution in [1.82, 2.24) is 9.78 Å². The second-order valence-corrected chi connectivity index (χ2v) is 4.20. The molecule has 1 atom stereocenters. The quantitative estimate of drug-likeness (QED) is 0.764. The van der Waals surface area contributed by atoms with E-state index in [0.29, 0.717) is 18.2 Å². The first-order valence-corrected chi connectivity index (χ1v) is 5.71. The molecule has 1 rings (SSSR count). The van der Waals surface area contributed by atoms with Crippen LogP contribution >= 0.6 is 11.6 Å². The van der Waals surface area contributed by atoms with Crippen molar-refractivity contribution in [2.24, 2.45) is 5.92 Å². The number of hydrogen-bond acceptors (Lipinski definition) is 3. The van der Waals surface area contributed by atoms with Crippen LogP contribution in [0.3, 0.4) is 0 Å². The van der Waals surface area contributed by atoms with Gasteiger partial charge in [-0.05, 0) is 20.8 Å². The largest absolute Gasteiger partial charge is 0.466 e. The molecule has 0 aromatic carbocycles. The van der Waals surface area contributed by atoms with E-state index < -0.39 is 0 Å². The van der Waals surface area contributed by atoms with Gasteiger partial charge in [0.2, 0.25) is 0 Å². The summed E-state index contributed by atoms with van der Waals surface area (Å²) in [5, 5.41) is 4.93. The summed E-state index contributed by atoms with van der Waals surface area (Å²) < 4.78 is 6.69. The van der Waals surface area contributed by atoms with Crippen LogP contribution in [0.4, 0.5) is 0 Å². The molecule has 1 aromatic heterocycles. The lowest BCUT2D eigenvalue weighted by Gasteiger charge is -2.11. The minimum Gasteiger partial charge on any atom is -0.466 e. The van der Waals surface area contributed by atoms with E-state index in [2.05, 4.69) is 5.10 Å². The van der Waals surface area contributed by atoms with Crippen LogP contribution < -0.4 is 0 Å². The maximum atomic E-state index is 11.5.